The number of halogens is 3. The van der Waals surface area contributed by atoms with Gasteiger partial charge >= 0.3 is 6.18 Å². The zero-order valence-electron chi connectivity index (χ0n) is 19.2. The number of nitrogens with zero attached hydrogens (tertiary/aromatic N) is 5. The van der Waals surface area contributed by atoms with Crippen LogP contribution in [0.2, 0.25) is 0 Å². The normalized spacial score (nSPS) is 14.8. The van der Waals surface area contributed by atoms with Gasteiger partial charge in [-0.3, -0.25) is 14.5 Å². The van der Waals surface area contributed by atoms with Crippen LogP contribution in [-0.2, 0) is 6.18 Å². The van der Waals surface area contributed by atoms with Gasteiger partial charge in [0.15, 0.2) is 17.1 Å². The van der Waals surface area contributed by atoms with Crippen LogP contribution >= 0.6 is 0 Å². The molecule has 7 nitrogen and oxygen atoms in total. The topological polar surface area (TPSA) is 70.8 Å². The molecule has 5 rings (SSSR count). The third kappa shape index (κ3) is 4.85. The minimum Gasteiger partial charge on any atom is -0.336 e. The largest absolute Gasteiger partial charge is 0.433 e. The third-order valence-corrected chi connectivity index (χ3v) is 6.12. The summed E-state index contributed by atoms with van der Waals surface area (Å²) in [6, 6.07) is 19.7. The first kappa shape index (κ1) is 23.7. The van der Waals surface area contributed by atoms with E-state index >= 15 is 0 Å². The first-order chi connectivity index (χ1) is 17.3. The maximum absolute atomic E-state index is 13.8. The molecular formula is C26H22F3N5O2. The molecule has 10 heteroatoms. The zero-order valence-corrected chi connectivity index (χ0v) is 19.2. The minimum absolute atomic E-state index is 0.00978. The predicted molar refractivity (Wildman–Crippen MR) is 127 cm³/mol. The highest BCUT2D eigenvalue weighted by molar-refractivity contribution is 5.97. The van der Waals surface area contributed by atoms with Crippen LogP contribution in [0.4, 0.5) is 13.2 Å². The summed E-state index contributed by atoms with van der Waals surface area (Å²) in [6.07, 6.45) is -4.68. The molecule has 3 heterocycles. The lowest BCUT2D eigenvalue weighted by atomic mass is 10.1. The van der Waals surface area contributed by atoms with E-state index in [1.807, 2.05) is 11.0 Å². The van der Waals surface area contributed by atoms with Crippen LogP contribution in [0, 0.1) is 0 Å². The van der Waals surface area contributed by atoms with E-state index in [2.05, 4.69) is 10.1 Å². The molecule has 0 N–H and O–H groups in total. The molecule has 0 saturated carbocycles. The molecule has 1 aliphatic rings. The Morgan fingerprint density at radius 2 is 1.50 bits per heavy atom. The van der Waals surface area contributed by atoms with E-state index in [4.69, 9.17) is 0 Å². The average Bonchev–Trinajstić information content (AvgIpc) is 3.33. The number of ketones is 1. The molecule has 0 spiro atoms. The smallest absolute Gasteiger partial charge is 0.336 e. The monoisotopic (exact) mass is 493 g/mol. The van der Waals surface area contributed by atoms with E-state index in [1.54, 1.807) is 59.5 Å². The van der Waals surface area contributed by atoms with E-state index in [9.17, 15) is 22.8 Å². The average molecular weight is 493 g/mol. The van der Waals surface area contributed by atoms with Crippen molar-refractivity contribution >= 4 is 17.3 Å². The van der Waals surface area contributed by atoms with Crippen LogP contribution in [0.5, 0.6) is 0 Å². The van der Waals surface area contributed by atoms with Crippen LogP contribution in [0.3, 0.4) is 0 Å². The molecule has 0 bridgehead atoms. The van der Waals surface area contributed by atoms with Crippen LogP contribution in [-0.4, -0.2) is 68.8 Å². The fourth-order valence-corrected chi connectivity index (χ4v) is 4.23. The number of amides is 1. The number of Topliss-reactive ketones (excluding diaryl/α,β-unsaturated/α-hetero) is 1. The zero-order chi connectivity index (χ0) is 25.3. The Morgan fingerprint density at radius 1 is 0.861 bits per heavy atom. The van der Waals surface area contributed by atoms with Crippen molar-refractivity contribution in [3.63, 3.8) is 0 Å². The molecule has 36 heavy (non-hydrogen) atoms. The van der Waals surface area contributed by atoms with Crippen LogP contribution < -0.4 is 0 Å². The standard InChI is InChI=1S/C26H22F3N5O2/c27-26(28,29)23-15-20(18-7-3-1-4-8-18)30-24-16-21(31-34(23)24)22(35)17-32-11-13-33(14-12-32)25(36)19-9-5-2-6-10-19/h1-10,15-16H,11-14,17H2. The molecule has 0 radical (unpaired) electrons. The van der Waals surface area contributed by atoms with E-state index in [0.29, 0.717) is 41.8 Å². The number of carbonyl (C=O) groups excluding carboxylic acids is 2. The Kier molecular flexibility index (Phi) is 6.27. The van der Waals surface area contributed by atoms with Gasteiger partial charge in [-0.15, -0.1) is 0 Å². The van der Waals surface area contributed by atoms with Crippen LogP contribution in [0.1, 0.15) is 26.5 Å². The molecule has 1 fully saturated rings. The van der Waals surface area contributed by atoms with Gasteiger partial charge < -0.3 is 4.90 Å². The number of hydrogen-bond acceptors (Lipinski definition) is 5. The van der Waals surface area contributed by atoms with Crippen molar-refractivity contribution < 1.29 is 22.8 Å². The van der Waals surface area contributed by atoms with Crippen molar-refractivity contribution in [1.82, 2.24) is 24.4 Å². The summed E-state index contributed by atoms with van der Waals surface area (Å²) in [5.74, 6) is -0.473. The van der Waals surface area contributed by atoms with Gasteiger partial charge in [-0.2, -0.15) is 18.3 Å². The molecular weight excluding hydrogens is 471 g/mol. The summed E-state index contributed by atoms with van der Waals surface area (Å²) in [6.45, 7) is 1.84. The number of fused-ring (bicyclic) bond motifs is 1. The SMILES string of the molecule is O=C(CN1CCN(C(=O)c2ccccc2)CC1)c1cc2nc(-c3ccccc3)cc(C(F)(F)F)n2n1. The first-order valence-corrected chi connectivity index (χ1v) is 11.4. The number of rotatable bonds is 5. The Bertz CT molecular complexity index is 1400. The van der Waals surface area contributed by atoms with Crippen LogP contribution in [0.15, 0.2) is 72.8 Å². The minimum atomic E-state index is -4.68. The van der Waals surface area contributed by atoms with E-state index < -0.39 is 17.7 Å². The van der Waals surface area contributed by atoms with Crippen molar-refractivity contribution in [3.05, 3.63) is 89.7 Å². The summed E-state index contributed by atoms with van der Waals surface area (Å²) in [7, 11) is 0. The highest BCUT2D eigenvalue weighted by atomic mass is 19.4. The number of carbonyl (C=O) groups is 2. The molecule has 4 aromatic rings. The molecule has 2 aromatic heterocycles. The molecule has 2 aromatic carbocycles. The molecule has 0 atom stereocenters. The summed E-state index contributed by atoms with van der Waals surface area (Å²) >= 11 is 0. The highest BCUT2D eigenvalue weighted by Crippen LogP contribution is 2.32. The Hall–Kier alpha value is -4.05. The van der Waals surface area contributed by atoms with E-state index in [-0.39, 0.29) is 29.5 Å². The van der Waals surface area contributed by atoms with Gasteiger partial charge in [-0.25, -0.2) is 9.50 Å². The van der Waals surface area contributed by atoms with Gasteiger partial charge in [0.05, 0.1) is 12.2 Å². The summed E-state index contributed by atoms with van der Waals surface area (Å²) in [5.41, 5.74) is 0.148. The van der Waals surface area contributed by atoms with Crippen molar-refractivity contribution in [2.24, 2.45) is 0 Å². The fraction of sp³-hybridized carbons (Fsp3) is 0.231. The van der Waals surface area contributed by atoms with Gasteiger partial charge in [-0.1, -0.05) is 48.5 Å². The predicted octanol–water partition coefficient (Wildman–Crippen LogP) is 4.06. The van der Waals surface area contributed by atoms with Crippen molar-refractivity contribution in [3.8, 4) is 11.3 Å². The van der Waals surface area contributed by atoms with Gasteiger partial charge in [-0.05, 0) is 18.2 Å². The Balaban J connectivity index is 1.32. The van der Waals surface area contributed by atoms with Crippen molar-refractivity contribution in [2.75, 3.05) is 32.7 Å². The summed E-state index contributed by atoms with van der Waals surface area (Å²) < 4.78 is 42.1. The maximum Gasteiger partial charge on any atom is 0.433 e. The molecule has 184 valence electrons. The second-order valence-electron chi connectivity index (χ2n) is 8.55. The van der Waals surface area contributed by atoms with E-state index in [0.717, 1.165) is 6.07 Å². The fourth-order valence-electron chi connectivity index (χ4n) is 4.23. The van der Waals surface area contributed by atoms with Gasteiger partial charge in [0.25, 0.3) is 5.91 Å². The van der Waals surface area contributed by atoms with Gasteiger partial charge in [0.1, 0.15) is 5.69 Å². The quantitative estimate of drug-likeness (QED) is 0.393. The lowest BCUT2D eigenvalue weighted by Gasteiger charge is -2.34. The number of aromatic nitrogens is 3. The Labute approximate surface area is 204 Å². The van der Waals surface area contributed by atoms with Gasteiger partial charge in [0.2, 0.25) is 0 Å². The first-order valence-electron chi connectivity index (χ1n) is 11.4. The van der Waals surface area contributed by atoms with Crippen LogP contribution in [0.25, 0.3) is 16.9 Å². The number of piperazine rings is 1. The number of hydrogen-bond donors (Lipinski definition) is 0. The second kappa shape index (κ2) is 9.54. The molecule has 1 aliphatic heterocycles. The van der Waals surface area contributed by atoms with Crippen molar-refractivity contribution in [1.29, 1.82) is 0 Å². The molecule has 0 aliphatic carbocycles. The highest BCUT2D eigenvalue weighted by Gasteiger charge is 2.36. The van der Waals surface area contributed by atoms with Crippen molar-refractivity contribution in [2.45, 2.75) is 6.18 Å². The van der Waals surface area contributed by atoms with Gasteiger partial charge in [0, 0.05) is 43.4 Å². The second-order valence-corrected chi connectivity index (χ2v) is 8.55. The number of benzene rings is 2. The lowest BCUT2D eigenvalue weighted by Crippen LogP contribution is -2.49. The van der Waals surface area contributed by atoms with E-state index in [1.165, 1.54) is 6.07 Å². The third-order valence-electron chi connectivity index (χ3n) is 6.12. The lowest BCUT2D eigenvalue weighted by molar-refractivity contribution is -0.142. The summed E-state index contributed by atoms with van der Waals surface area (Å²) in [4.78, 5) is 33.5. The molecule has 1 amide bonds. The Morgan fingerprint density at radius 3 is 2.14 bits per heavy atom. The molecule has 0 unspecified atom stereocenters. The summed E-state index contributed by atoms with van der Waals surface area (Å²) in [5, 5.41) is 3.96. The molecule has 1 saturated heterocycles. The number of alkyl halides is 3. The maximum atomic E-state index is 13.8.